The van der Waals surface area contributed by atoms with Gasteiger partial charge in [0.05, 0.1) is 6.61 Å². The summed E-state index contributed by atoms with van der Waals surface area (Å²) in [5.41, 5.74) is 6.92. The lowest BCUT2D eigenvalue weighted by molar-refractivity contribution is 0.343. The van der Waals surface area contributed by atoms with Crippen LogP contribution in [0.4, 0.5) is 0 Å². The zero-order valence-electron chi connectivity index (χ0n) is 9.40. The van der Waals surface area contributed by atoms with Gasteiger partial charge >= 0.3 is 0 Å². The Morgan fingerprint density at radius 1 is 1.47 bits per heavy atom. The lowest BCUT2D eigenvalue weighted by Crippen LogP contribution is -2.06. The summed E-state index contributed by atoms with van der Waals surface area (Å²) in [4.78, 5) is 0. The zero-order chi connectivity index (χ0) is 11.1. The summed E-state index contributed by atoms with van der Waals surface area (Å²) in [6, 6.07) is 8.07. The van der Waals surface area contributed by atoms with Crippen LogP contribution in [0.25, 0.3) is 0 Å². The Morgan fingerprint density at radius 3 is 2.93 bits per heavy atom. The first-order chi connectivity index (χ1) is 7.24. The first-order valence-electron chi connectivity index (χ1n) is 5.30. The second-order valence-electron chi connectivity index (χ2n) is 3.41. The molecule has 2 nitrogen and oxygen atoms in total. The van der Waals surface area contributed by atoms with Gasteiger partial charge in [0.15, 0.2) is 0 Å². The molecule has 0 aromatic heterocycles. The summed E-state index contributed by atoms with van der Waals surface area (Å²) >= 11 is 1.89. The van der Waals surface area contributed by atoms with Crippen LogP contribution in [0.5, 0.6) is 5.75 Å². The minimum Gasteiger partial charge on any atom is -0.493 e. The lowest BCUT2D eigenvalue weighted by atomic mass is 10.1. The maximum Gasteiger partial charge on any atom is 0.119 e. The van der Waals surface area contributed by atoms with Gasteiger partial charge in [-0.3, -0.25) is 0 Å². The van der Waals surface area contributed by atoms with Crippen molar-refractivity contribution in [2.45, 2.75) is 19.9 Å². The van der Waals surface area contributed by atoms with E-state index in [4.69, 9.17) is 10.5 Å². The second kappa shape index (κ2) is 6.75. The average molecular weight is 225 g/mol. The lowest BCUT2D eigenvalue weighted by Gasteiger charge is -2.09. The molecular formula is C12H19NOS. The monoisotopic (exact) mass is 225 g/mol. The van der Waals surface area contributed by atoms with Crippen LogP contribution in [0.15, 0.2) is 24.3 Å². The van der Waals surface area contributed by atoms with Crippen molar-refractivity contribution < 1.29 is 4.74 Å². The molecule has 0 amide bonds. The highest BCUT2D eigenvalue weighted by molar-refractivity contribution is 7.99. The predicted molar refractivity (Wildman–Crippen MR) is 67.5 cm³/mol. The number of benzene rings is 1. The van der Waals surface area contributed by atoms with Gasteiger partial charge in [-0.05, 0) is 30.4 Å². The fourth-order valence-electron chi connectivity index (χ4n) is 1.25. The number of ether oxygens (including phenoxy) is 1. The van der Waals surface area contributed by atoms with Crippen molar-refractivity contribution in [3.05, 3.63) is 29.8 Å². The third-order valence-electron chi connectivity index (χ3n) is 2.08. The van der Waals surface area contributed by atoms with E-state index in [0.717, 1.165) is 29.4 Å². The molecule has 3 heteroatoms. The van der Waals surface area contributed by atoms with Crippen molar-refractivity contribution in [1.82, 2.24) is 0 Å². The molecule has 0 saturated carbocycles. The van der Waals surface area contributed by atoms with Crippen LogP contribution in [0, 0.1) is 0 Å². The Hall–Kier alpha value is -0.670. The highest BCUT2D eigenvalue weighted by Gasteiger charge is 2.00. The van der Waals surface area contributed by atoms with E-state index >= 15 is 0 Å². The third kappa shape index (κ3) is 4.58. The van der Waals surface area contributed by atoms with Crippen molar-refractivity contribution >= 4 is 11.8 Å². The van der Waals surface area contributed by atoms with Gasteiger partial charge in [-0.15, -0.1) is 0 Å². The molecule has 0 aliphatic heterocycles. The zero-order valence-corrected chi connectivity index (χ0v) is 10.2. The quantitative estimate of drug-likeness (QED) is 0.756. The van der Waals surface area contributed by atoms with Crippen LogP contribution in [0.3, 0.4) is 0 Å². The third-order valence-corrected chi connectivity index (χ3v) is 2.95. The summed E-state index contributed by atoms with van der Waals surface area (Å²) < 4.78 is 5.62. The summed E-state index contributed by atoms with van der Waals surface area (Å²) in [5.74, 6) is 3.10. The SMILES string of the molecule is CCSCCOc1cccc([C@H](C)N)c1. The van der Waals surface area contributed by atoms with E-state index in [-0.39, 0.29) is 6.04 Å². The number of hydrogen-bond acceptors (Lipinski definition) is 3. The van der Waals surface area contributed by atoms with Crippen LogP contribution < -0.4 is 10.5 Å². The molecular weight excluding hydrogens is 206 g/mol. The summed E-state index contributed by atoms with van der Waals surface area (Å²) in [6.07, 6.45) is 0. The topological polar surface area (TPSA) is 35.2 Å². The number of nitrogens with two attached hydrogens (primary N) is 1. The molecule has 1 rings (SSSR count). The molecule has 1 atom stereocenters. The van der Waals surface area contributed by atoms with Gasteiger partial charge in [0.1, 0.15) is 5.75 Å². The Balaban J connectivity index is 2.43. The van der Waals surface area contributed by atoms with E-state index in [1.807, 2.05) is 43.0 Å². The molecule has 0 spiro atoms. The molecule has 1 aromatic rings. The van der Waals surface area contributed by atoms with Crippen molar-refractivity contribution in [1.29, 1.82) is 0 Å². The fourth-order valence-corrected chi connectivity index (χ4v) is 1.74. The molecule has 0 bridgehead atoms. The maximum atomic E-state index is 5.80. The predicted octanol–water partition coefficient (Wildman–Crippen LogP) is 2.84. The van der Waals surface area contributed by atoms with Gasteiger partial charge in [0, 0.05) is 11.8 Å². The van der Waals surface area contributed by atoms with E-state index in [1.54, 1.807) is 0 Å². The second-order valence-corrected chi connectivity index (χ2v) is 4.80. The van der Waals surface area contributed by atoms with Gasteiger partial charge < -0.3 is 10.5 Å². The van der Waals surface area contributed by atoms with E-state index in [9.17, 15) is 0 Å². The van der Waals surface area contributed by atoms with E-state index in [1.165, 1.54) is 0 Å². The van der Waals surface area contributed by atoms with Crippen LogP contribution >= 0.6 is 11.8 Å². The minimum atomic E-state index is 0.0681. The average Bonchev–Trinajstić information content (AvgIpc) is 2.25. The maximum absolute atomic E-state index is 5.80. The molecule has 0 heterocycles. The summed E-state index contributed by atoms with van der Waals surface area (Å²) in [6.45, 7) is 4.90. The summed E-state index contributed by atoms with van der Waals surface area (Å²) in [5, 5.41) is 0. The van der Waals surface area contributed by atoms with Crippen LogP contribution in [-0.2, 0) is 0 Å². The van der Waals surface area contributed by atoms with Gasteiger partial charge in [0.2, 0.25) is 0 Å². The Morgan fingerprint density at radius 2 is 2.27 bits per heavy atom. The fraction of sp³-hybridized carbons (Fsp3) is 0.500. The molecule has 0 unspecified atom stereocenters. The van der Waals surface area contributed by atoms with Crippen molar-refractivity contribution in [2.24, 2.45) is 5.73 Å². The molecule has 0 radical (unpaired) electrons. The van der Waals surface area contributed by atoms with Crippen LogP contribution in [-0.4, -0.2) is 18.1 Å². The number of thioether (sulfide) groups is 1. The normalized spacial score (nSPS) is 12.5. The molecule has 15 heavy (non-hydrogen) atoms. The van der Waals surface area contributed by atoms with Crippen LogP contribution in [0.1, 0.15) is 25.5 Å². The number of rotatable bonds is 6. The van der Waals surface area contributed by atoms with Crippen LogP contribution in [0.2, 0.25) is 0 Å². The van der Waals surface area contributed by atoms with Crippen molar-refractivity contribution in [2.75, 3.05) is 18.1 Å². The highest BCUT2D eigenvalue weighted by Crippen LogP contribution is 2.17. The minimum absolute atomic E-state index is 0.0681. The Bertz CT molecular complexity index is 289. The first kappa shape index (κ1) is 12.4. The number of hydrogen-bond donors (Lipinski definition) is 1. The standard InChI is InChI=1S/C12H19NOS/c1-3-15-8-7-14-12-6-4-5-11(9-12)10(2)13/h4-6,9-10H,3,7-8,13H2,1-2H3/t10-/m0/s1. The molecule has 84 valence electrons. The van der Waals surface area contributed by atoms with E-state index in [2.05, 4.69) is 6.92 Å². The Labute approximate surface area is 96.2 Å². The van der Waals surface area contributed by atoms with Gasteiger partial charge in [-0.25, -0.2) is 0 Å². The molecule has 0 aliphatic carbocycles. The van der Waals surface area contributed by atoms with Gasteiger partial charge in [-0.1, -0.05) is 19.1 Å². The van der Waals surface area contributed by atoms with Crippen molar-refractivity contribution in [3.8, 4) is 5.75 Å². The highest BCUT2D eigenvalue weighted by atomic mass is 32.2. The largest absolute Gasteiger partial charge is 0.493 e. The molecule has 1 aromatic carbocycles. The molecule has 0 aliphatic rings. The van der Waals surface area contributed by atoms with E-state index < -0.39 is 0 Å². The summed E-state index contributed by atoms with van der Waals surface area (Å²) in [7, 11) is 0. The Kier molecular flexibility index (Phi) is 5.58. The van der Waals surface area contributed by atoms with Crippen molar-refractivity contribution in [3.63, 3.8) is 0 Å². The molecule has 0 saturated heterocycles. The van der Waals surface area contributed by atoms with Gasteiger partial charge in [-0.2, -0.15) is 11.8 Å². The molecule has 0 fully saturated rings. The van der Waals surface area contributed by atoms with Gasteiger partial charge in [0.25, 0.3) is 0 Å². The smallest absolute Gasteiger partial charge is 0.119 e. The molecule has 2 N–H and O–H groups in total. The first-order valence-corrected chi connectivity index (χ1v) is 6.45. The van der Waals surface area contributed by atoms with E-state index in [0.29, 0.717) is 0 Å².